The van der Waals surface area contributed by atoms with Gasteiger partial charge >= 0.3 is 0 Å². The molecule has 114 valence electrons. The number of hydrogen-bond acceptors (Lipinski definition) is 4. The molecular weight excluding hydrogens is 372 g/mol. The first-order valence-electron chi connectivity index (χ1n) is 7.18. The third kappa shape index (κ3) is 2.48. The molecule has 0 aliphatic carbocycles. The molecule has 0 aliphatic heterocycles. The standard InChI is InChI=1S/C17H13BrN4S/c1-10-7-8-12(9-11(10)2)16-21-22-15(19-20-17(22)23-16)13-5-3-4-6-14(13)18/h3-9H,1-2H3. The largest absolute Gasteiger partial charge is 0.235 e. The number of fused-ring (bicyclic) bond motifs is 1. The molecule has 4 aromatic rings. The van der Waals surface area contributed by atoms with Gasteiger partial charge in [0.15, 0.2) is 5.82 Å². The van der Waals surface area contributed by atoms with Crippen molar-refractivity contribution in [1.82, 2.24) is 19.8 Å². The molecule has 0 aliphatic rings. The summed E-state index contributed by atoms with van der Waals surface area (Å²) in [5.74, 6) is 0.749. The molecule has 0 N–H and O–H groups in total. The van der Waals surface area contributed by atoms with Crippen LogP contribution in [0.4, 0.5) is 0 Å². The second kappa shape index (κ2) is 5.54. The Morgan fingerprint density at radius 1 is 1.00 bits per heavy atom. The van der Waals surface area contributed by atoms with Crippen LogP contribution in [0.2, 0.25) is 0 Å². The fourth-order valence-electron chi connectivity index (χ4n) is 2.42. The number of aromatic nitrogens is 4. The van der Waals surface area contributed by atoms with E-state index in [4.69, 9.17) is 5.10 Å². The fraction of sp³-hybridized carbons (Fsp3) is 0.118. The lowest BCUT2D eigenvalue weighted by atomic mass is 10.1. The summed E-state index contributed by atoms with van der Waals surface area (Å²) in [5.41, 5.74) is 4.64. The molecule has 2 heterocycles. The van der Waals surface area contributed by atoms with E-state index in [9.17, 15) is 0 Å². The highest BCUT2D eigenvalue weighted by atomic mass is 79.9. The van der Waals surface area contributed by atoms with E-state index in [-0.39, 0.29) is 0 Å². The van der Waals surface area contributed by atoms with Crippen molar-refractivity contribution in [3.05, 3.63) is 58.1 Å². The summed E-state index contributed by atoms with van der Waals surface area (Å²) in [6.45, 7) is 4.23. The first kappa shape index (κ1) is 14.5. The van der Waals surface area contributed by atoms with Gasteiger partial charge in [-0.25, -0.2) is 0 Å². The zero-order chi connectivity index (χ0) is 16.0. The van der Waals surface area contributed by atoms with E-state index in [1.807, 2.05) is 28.8 Å². The van der Waals surface area contributed by atoms with E-state index in [1.165, 1.54) is 11.1 Å². The van der Waals surface area contributed by atoms with E-state index < -0.39 is 0 Å². The number of nitrogens with zero attached hydrogens (tertiary/aromatic N) is 4. The summed E-state index contributed by atoms with van der Waals surface area (Å²) in [6.07, 6.45) is 0. The maximum atomic E-state index is 4.72. The van der Waals surface area contributed by atoms with E-state index in [0.717, 1.165) is 31.4 Å². The number of halogens is 1. The highest BCUT2D eigenvalue weighted by molar-refractivity contribution is 9.10. The summed E-state index contributed by atoms with van der Waals surface area (Å²) in [6, 6.07) is 14.4. The Morgan fingerprint density at radius 2 is 1.83 bits per heavy atom. The van der Waals surface area contributed by atoms with Crippen LogP contribution in [0, 0.1) is 13.8 Å². The Morgan fingerprint density at radius 3 is 2.61 bits per heavy atom. The minimum absolute atomic E-state index is 0.749. The summed E-state index contributed by atoms with van der Waals surface area (Å²) in [5, 5.41) is 14.2. The first-order valence-corrected chi connectivity index (χ1v) is 8.79. The predicted molar refractivity (Wildman–Crippen MR) is 96.7 cm³/mol. The zero-order valence-electron chi connectivity index (χ0n) is 12.6. The van der Waals surface area contributed by atoms with Gasteiger partial charge in [0.05, 0.1) is 0 Å². The van der Waals surface area contributed by atoms with Gasteiger partial charge in [-0.3, -0.25) is 0 Å². The van der Waals surface area contributed by atoms with Crippen LogP contribution in [-0.4, -0.2) is 19.8 Å². The predicted octanol–water partition coefficient (Wildman–Crippen LogP) is 4.90. The Labute approximate surface area is 145 Å². The fourth-order valence-corrected chi connectivity index (χ4v) is 3.72. The average molecular weight is 385 g/mol. The van der Waals surface area contributed by atoms with Gasteiger partial charge in [0.2, 0.25) is 4.96 Å². The van der Waals surface area contributed by atoms with Crippen LogP contribution in [0.1, 0.15) is 11.1 Å². The Hall–Kier alpha value is -2.05. The second-order valence-corrected chi connectivity index (χ2v) is 7.21. The summed E-state index contributed by atoms with van der Waals surface area (Å²) >= 11 is 5.12. The maximum Gasteiger partial charge on any atom is 0.235 e. The maximum absolute atomic E-state index is 4.72. The summed E-state index contributed by atoms with van der Waals surface area (Å²) in [4.78, 5) is 0.795. The molecule has 2 aromatic carbocycles. The van der Waals surface area contributed by atoms with Gasteiger partial charge in [-0.05, 0) is 43.2 Å². The molecule has 6 heteroatoms. The highest BCUT2D eigenvalue weighted by Crippen LogP contribution is 2.31. The molecule has 23 heavy (non-hydrogen) atoms. The van der Waals surface area contributed by atoms with Crippen molar-refractivity contribution in [3.63, 3.8) is 0 Å². The number of rotatable bonds is 2. The topological polar surface area (TPSA) is 43.1 Å². The third-order valence-electron chi connectivity index (χ3n) is 3.86. The van der Waals surface area contributed by atoms with Gasteiger partial charge in [-0.2, -0.15) is 9.61 Å². The molecule has 0 radical (unpaired) electrons. The van der Waals surface area contributed by atoms with Crippen molar-refractivity contribution in [1.29, 1.82) is 0 Å². The normalized spacial score (nSPS) is 11.3. The molecule has 0 fully saturated rings. The molecule has 0 amide bonds. The minimum Gasteiger partial charge on any atom is -0.182 e. The quantitative estimate of drug-likeness (QED) is 0.493. The van der Waals surface area contributed by atoms with Crippen molar-refractivity contribution in [2.75, 3.05) is 0 Å². The molecule has 0 atom stereocenters. The molecule has 0 spiro atoms. The van der Waals surface area contributed by atoms with E-state index >= 15 is 0 Å². The SMILES string of the molecule is Cc1ccc(-c2nn3c(-c4ccccc4Br)nnc3s2)cc1C. The molecule has 0 saturated carbocycles. The van der Waals surface area contributed by atoms with Gasteiger partial charge in [0.1, 0.15) is 5.01 Å². The first-order chi connectivity index (χ1) is 11.1. The molecule has 4 nitrogen and oxygen atoms in total. The Balaban J connectivity index is 1.86. The lowest BCUT2D eigenvalue weighted by Gasteiger charge is -2.02. The van der Waals surface area contributed by atoms with Gasteiger partial charge in [-0.1, -0.05) is 51.5 Å². The molecule has 0 bridgehead atoms. The van der Waals surface area contributed by atoms with Crippen molar-refractivity contribution in [2.45, 2.75) is 13.8 Å². The van der Waals surface area contributed by atoms with Crippen LogP contribution in [0.25, 0.3) is 26.9 Å². The van der Waals surface area contributed by atoms with Crippen LogP contribution < -0.4 is 0 Å². The minimum atomic E-state index is 0.749. The van der Waals surface area contributed by atoms with Gasteiger partial charge < -0.3 is 0 Å². The van der Waals surface area contributed by atoms with Crippen LogP contribution >= 0.6 is 27.3 Å². The number of benzene rings is 2. The zero-order valence-corrected chi connectivity index (χ0v) is 15.0. The van der Waals surface area contributed by atoms with Crippen molar-refractivity contribution in [3.8, 4) is 22.0 Å². The smallest absolute Gasteiger partial charge is 0.182 e. The highest BCUT2D eigenvalue weighted by Gasteiger charge is 2.16. The van der Waals surface area contributed by atoms with Crippen LogP contribution in [0.3, 0.4) is 0 Å². The Bertz CT molecular complexity index is 1020. The van der Waals surface area contributed by atoms with Gasteiger partial charge in [0.25, 0.3) is 0 Å². The molecule has 2 aromatic heterocycles. The van der Waals surface area contributed by atoms with Crippen LogP contribution in [0.15, 0.2) is 46.9 Å². The van der Waals surface area contributed by atoms with Gasteiger partial charge in [-0.15, -0.1) is 10.2 Å². The van der Waals surface area contributed by atoms with Crippen LogP contribution in [-0.2, 0) is 0 Å². The van der Waals surface area contributed by atoms with Crippen molar-refractivity contribution >= 4 is 32.2 Å². The van der Waals surface area contributed by atoms with Gasteiger partial charge in [0, 0.05) is 15.6 Å². The van der Waals surface area contributed by atoms with E-state index in [1.54, 1.807) is 11.3 Å². The molecule has 0 saturated heterocycles. The molecular formula is C17H13BrN4S. The number of hydrogen-bond donors (Lipinski definition) is 0. The van der Waals surface area contributed by atoms with E-state index in [2.05, 4.69) is 58.2 Å². The second-order valence-electron chi connectivity index (χ2n) is 5.40. The van der Waals surface area contributed by atoms with Crippen molar-refractivity contribution < 1.29 is 0 Å². The monoisotopic (exact) mass is 384 g/mol. The summed E-state index contributed by atoms with van der Waals surface area (Å²) < 4.78 is 2.80. The molecule has 0 unspecified atom stereocenters. The third-order valence-corrected chi connectivity index (χ3v) is 5.50. The average Bonchev–Trinajstić information content (AvgIpc) is 3.11. The molecule has 4 rings (SSSR count). The van der Waals surface area contributed by atoms with Crippen molar-refractivity contribution in [2.24, 2.45) is 0 Å². The lowest BCUT2D eigenvalue weighted by Crippen LogP contribution is -1.92. The Kier molecular flexibility index (Phi) is 3.50. The number of aryl methyl sites for hydroxylation is 2. The van der Waals surface area contributed by atoms with E-state index in [0.29, 0.717) is 0 Å². The summed E-state index contributed by atoms with van der Waals surface area (Å²) in [7, 11) is 0. The van der Waals surface area contributed by atoms with Crippen LogP contribution in [0.5, 0.6) is 0 Å². The lowest BCUT2D eigenvalue weighted by molar-refractivity contribution is 0.969.